The number of rotatable bonds is 7. The lowest BCUT2D eigenvalue weighted by molar-refractivity contribution is -0.121. The van der Waals surface area contributed by atoms with E-state index in [0.717, 1.165) is 12.8 Å². The number of imide groups is 1. The second-order valence-corrected chi connectivity index (χ2v) is 5.92. The second kappa shape index (κ2) is 8.92. The van der Waals surface area contributed by atoms with Crippen LogP contribution in [-0.2, 0) is 4.79 Å². The van der Waals surface area contributed by atoms with Gasteiger partial charge in [-0.25, -0.2) is 4.79 Å². The largest absolute Gasteiger partial charge is 0.395 e. The fourth-order valence-electron chi connectivity index (χ4n) is 2.05. The lowest BCUT2D eigenvalue weighted by Gasteiger charge is -2.29. The van der Waals surface area contributed by atoms with Crippen molar-refractivity contribution < 1.29 is 14.7 Å². The number of nitrogens with zero attached hydrogens (tertiary/aromatic N) is 1. The number of hydrogen-bond donors (Lipinski definition) is 3. The number of amides is 3. The highest BCUT2D eigenvalue weighted by molar-refractivity contribution is 5.95. The molecule has 0 bridgehead atoms. The van der Waals surface area contributed by atoms with Crippen LogP contribution in [0.2, 0.25) is 0 Å². The molecule has 6 nitrogen and oxygen atoms in total. The standard InChI is InChI=1S/C14H29N3O3/c1-6-11(7-2)17(8-9-18)10-12(19)15-13(20)16-14(3,4)5/h11,18H,6-10H2,1-5H3,(H2,15,16,19,20). The van der Waals surface area contributed by atoms with Gasteiger partial charge in [-0.15, -0.1) is 0 Å². The quantitative estimate of drug-likeness (QED) is 0.655. The molecular formula is C14H29N3O3. The number of carbonyl (C=O) groups excluding carboxylic acids is 2. The summed E-state index contributed by atoms with van der Waals surface area (Å²) in [6, 6.07) is -0.255. The van der Waals surface area contributed by atoms with Gasteiger partial charge < -0.3 is 10.4 Å². The zero-order valence-electron chi connectivity index (χ0n) is 13.3. The van der Waals surface area contributed by atoms with Crippen LogP contribution in [0.3, 0.4) is 0 Å². The first-order valence-electron chi connectivity index (χ1n) is 7.20. The smallest absolute Gasteiger partial charge is 0.321 e. The van der Waals surface area contributed by atoms with Crippen molar-refractivity contribution in [2.75, 3.05) is 19.7 Å². The highest BCUT2D eigenvalue weighted by Gasteiger charge is 2.20. The van der Waals surface area contributed by atoms with E-state index in [2.05, 4.69) is 10.6 Å². The molecule has 0 radical (unpaired) electrons. The van der Waals surface area contributed by atoms with E-state index in [9.17, 15) is 9.59 Å². The van der Waals surface area contributed by atoms with Crippen molar-refractivity contribution in [1.29, 1.82) is 0 Å². The molecule has 0 saturated heterocycles. The Kier molecular flexibility index (Phi) is 8.41. The predicted octanol–water partition coefficient (Wildman–Crippen LogP) is 1.09. The van der Waals surface area contributed by atoms with Crippen molar-refractivity contribution in [3.63, 3.8) is 0 Å². The van der Waals surface area contributed by atoms with Crippen LogP contribution in [0.1, 0.15) is 47.5 Å². The molecule has 0 aliphatic heterocycles. The Morgan fingerprint density at radius 3 is 2.15 bits per heavy atom. The van der Waals surface area contributed by atoms with Crippen LogP contribution in [-0.4, -0.2) is 53.2 Å². The molecule has 0 rings (SSSR count). The fraction of sp³-hybridized carbons (Fsp3) is 0.857. The molecule has 0 atom stereocenters. The van der Waals surface area contributed by atoms with E-state index >= 15 is 0 Å². The maximum absolute atomic E-state index is 11.9. The molecule has 3 amide bonds. The molecule has 0 aromatic heterocycles. The maximum Gasteiger partial charge on any atom is 0.321 e. The van der Waals surface area contributed by atoms with Gasteiger partial charge in [0.05, 0.1) is 13.2 Å². The molecule has 118 valence electrons. The minimum atomic E-state index is -0.490. The van der Waals surface area contributed by atoms with Gasteiger partial charge in [-0.1, -0.05) is 13.8 Å². The van der Waals surface area contributed by atoms with Crippen LogP contribution >= 0.6 is 0 Å². The van der Waals surface area contributed by atoms with E-state index < -0.39 is 6.03 Å². The van der Waals surface area contributed by atoms with Crippen LogP contribution < -0.4 is 10.6 Å². The van der Waals surface area contributed by atoms with E-state index in [4.69, 9.17) is 5.11 Å². The number of urea groups is 1. The van der Waals surface area contributed by atoms with E-state index in [1.807, 2.05) is 39.5 Å². The SMILES string of the molecule is CCC(CC)N(CCO)CC(=O)NC(=O)NC(C)(C)C. The lowest BCUT2D eigenvalue weighted by Crippen LogP contribution is -2.51. The average Bonchev–Trinajstić information content (AvgIpc) is 2.27. The molecule has 3 N–H and O–H groups in total. The van der Waals surface area contributed by atoms with Crippen LogP contribution in [0.25, 0.3) is 0 Å². The summed E-state index contributed by atoms with van der Waals surface area (Å²) in [7, 11) is 0. The van der Waals surface area contributed by atoms with E-state index in [0.29, 0.717) is 6.54 Å². The Bertz CT molecular complexity index is 309. The molecule has 0 spiro atoms. The van der Waals surface area contributed by atoms with Gasteiger partial charge >= 0.3 is 6.03 Å². The van der Waals surface area contributed by atoms with E-state index in [1.165, 1.54) is 0 Å². The van der Waals surface area contributed by atoms with Gasteiger partial charge in [-0.05, 0) is 33.6 Å². The maximum atomic E-state index is 11.9. The minimum absolute atomic E-state index is 0.00202. The van der Waals surface area contributed by atoms with Crippen molar-refractivity contribution in [1.82, 2.24) is 15.5 Å². The molecule has 0 fully saturated rings. The third-order valence-corrected chi connectivity index (χ3v) is 2.93. The highest BCUT2D eigenvalue weighted by Crippen LogP contribution is 2.07. The molecule has 0 heterocycles. The summed E-state index contributed by atoms with van der Waals surface area (Å²) in [5.74, 6) is -0.355. The van der Waals surface area contributed by atoms with E-state index in [-0.39, 0.29) is 30.6 Å². The molecule has 0 aliphatic rings. The van der Waals surface area contributed by atoms with Crippen molar-refractivity contribution in [2.45, 2.75) is 59.0 Å². The van der Waals surface area contributed by atoms with Crippen LogP contribution in [0, 0.1) is 0 Å². The Morgan fingerprint density at radius 2 is 1.75 bits per heavy atom. The van der Waals surface area contributed by atoms with Crippen molar-refractivity contribution in [3.8, 4) is 0 Å². The molecular weight excluding hydrogens is 258 g/mol. The number of carbonyl (C=O) groups is 2. The highest BCUT2D eigenvalue weighted by atomic mass is 16.3. The van der Waals surface area contributed by atoms with E-state index in [1.54, 1.807) is 0 Å². The van der Waals surface area contributed by atoms with Gasteiger partial charge in [-0.2, -0.15) is 0 Å². The molecule has 0 aromatic rings. The third-order valence-electron chi connectivity index (χ3n) is 2.93. The lowest BCUT2D eigenvalue weighted by atomic mass is 10.1. The zero-order chi connectivity index (χ0) is 15.8. The van der Waals surface area contributed by atoms with Crippen LogP contribution in [0.5, 0.6) is 0 Å². The number of aliphatic hydroxyl groups excluding tert-OH is 1. The van der Waals surface area contributed by atoms with Crippen LogP contribution in [0.15, 0.2) is 0 Å². The number of hydrogen-bond acceptors (Lipinski definition) is 4. The monoisotopic (exact) mass is 287 g/mol. The molecule has 0 unspecified atom stereocenters. The van der Waals surface area contributed by atoms with Gasteiger partial charge in [0.1, 0.15) is 0 Å². The first-order chi connectivity index (χ1) is 9.23. The summed E-state index contributed by atoms with van der Waals surface area (Å²) in [5.41, 5.74) is -0.384. The Labute approximate surface area is 121 Å². The summed E-state index contributed by atoms with van der Waals surface area (Å²) in [4.78, 5) is 25.4. The third kappa shape index (κ3) is 8.12. The van der Waals surface area contributed by atoms with Gasteiger partial charge in [0.2, 0.25) is 5.91 Å². The summed E-state index contributed by atoms with van der Waals surface area (Å²) in [5, 5.41) is 14.1. The average molecular weight is 287 g/mol. The predicted molar refractivity (Wildman–Crippen MR) is 79.5 cm³/mol. The normalized spacial score (nSPS) is 11.8. The minimum Gasteiger partial charge on any atom is -0.395 e. The first kappa shape index (κ1) is 18.9. The summed E-state index contributed by atoms with van der Waals surface area (Å²) >= 11 is 0. The zero-order valence-corrected chi connectivity index (χ0v) is 13.3. The van der Waals surface area contributed by atoms with Gasteiger partial charge in [0.25, 0.3) is 0 Å². The number of nitrogens with one attached hydrogen (secondary N) is 2. The van der Waals surface area contributed by atoms with Crippen molar-refractivity contribution in [3.05, 3.63) is 0 Å². The Balaban J connectivity index is 4.42. The number of aliphatic hydroxyl groups is 1. The topological polar surface area (TPSA) is 81.7 Å². The summed E-state index contributed by atoms with van der Waals surface area (Å²) in [6.07, 6.45) is 1.80. The summed E-state index contributed by atoms with van der Waals surface area (Å²) < 4.78 is 0. The second-order valence-electron chi connectivity index (χ2n) is 5.92. The van der Waals surface area contributed by atoms with Gasteiger partial charge in [0, 0.05) is 18.1 Å². The van der Waals surface area contributed by atoms with Crippen molar-refractivity contribution >= 4 is 11.9 Å². The molecule has 0 aliphatic carbocycles. The Morgan fingerprint density at radius 1 is 1.20 bits per heavy atom. The molecule has 20 heavy (non-hydrogen) atoms. The van der Waals surface area contributed by atoms with Gasteiger partial charge in [0.15, 0.2) is 0 Å². The fourth-order valence-corrected chi connectivity index (χ4v) is 2.05. The van der Waals surface area contributed by atoms with Crippen molar-refractivity contribution in [2.24, 2.45) is 0 Å². The first-order valence-corrected chi connectivity index (χ1v) is 7.20. The molecule has 0 saturated carbocycles. The van der Waals surface area contributed by atoms with Crippen LogP contribution in [0.4, 0.5) is 4.79 Å². The summed E-state index contributed by atoms with van der Waals surface area (Å²) in [6.45, 7) is 10.2. The van der Waals surface area contributed by atoms with Gasteiger partial charge in [-0.3, -0.25) is 15.0 Å². The Hall–Kier alpha value is -1.14. The molecule has 6 heteroatoms. The molecule has 0 aromatic carbocycles.